The van der Waals surface area contributed by atoms with Crippen LogP contribution in [0.25, 0.3) is 11.4 Å². The Morgan fingerprint density at radius 1 is 1.25 bits per heavy atom. The minimum Gasteiger partial charge on any atom is -0.325 e. The fourth-order valence-electron chi connectivity index (χ4n) is 2.51. The number of aromatic nitrogens is 3. The summed E-state index contributed by atoms with van der Waals surface area (Å²) < 4.78 is 2.93. The fourth-order valence-corrected chi connectivity index (χ4v) is 3.67. The lowest BCUT2D eigenvalue weighted by atomic mass is 10.2. The third kappa shape index (κ3) is 4.87. The first-order valence-electron chi connectivity index (χ1n) is 8.34. The van der Waals surface area contributed by atoms with Crippen molar-refractivity contribution in [1.29, 1.82) is 0 Å². The van der Waals surface area contributed by atoms with Crippen molar-refractivity contribution in [1.82, 2.24) is 14.8 Å². The number of carbonyl (C=O) groups is 1. The minimum atomic E-state index is -0.444. The number of anilines is 1. The molecule has 10 heteroatoms. The number of benzene rings is 2. The Morgan fingerprint density at radius 2 is 2.00 bits per heavy atom. The van der Waals surface area contributed by atoms with Crippen LogP contribution in [0.1, 0.15) is 6.92 Å². The number of thioether (sulfide) groups is 1. The molecule has 8 nitrogen and oxygen atoms in total. The lowest BCUT2D eigenvalue weighted by molar-refractivity contribution is -0.384. The van der Waals surface area contributed by atoms with Crippen LogP contribution in [0.5, 0.6) is 0 Å². The summed E-state index contributed by atoms with van der Waals surface area (Å²) in [5, 5.41) is 22.7. The molecule has 2 aromatic carbocycles. The maximum Gasteiger partial charge on any atom is 0.270 e. The number of nitro groups is 1. The van der Waals surface area contributed by atoms with Crippen LogP contribution in [0.4, 0.5) is 11.4 Å². The molecule has 1 amide bonds. The number of hydrogen-bond donors (Lipinski definition) is 1. The van der Waals surface area contributed by atoms with Gasteiger partial charge in [0.15, 0.2) is 11.0 Å². The van der Waals surface area contributed by atoms with Crippen molar-refractivity contribution in [3.63, 3.8) is 0 Å². The Kier molecular flexibility index (Phi) is 6.62. The lowest BCUT2D eigenvalue weighted by Crippen LogP contribution is -2.14. The van der Waals surface area contributed by atoms with Gasteiger partial charge in [0, 0.05) is 33.5 Å². The van der Waals surface area contributed by atoms with E-state index < -0.39 is 4.92 Å². The van der Waals surface area contributed by atoms with Gasteiger partial charge in [-0.25, -0.2) is 0 Å². The molecule has 0 radical (unpaired) electrons. The average molecular weight is 509 g/mol. The van der Waals surface area contributed by atoms with E-state index >= 15 is 0 Å². The van der Waals surface area contributed by atoms with Crippen LogP contribution in [0, 0.1) is 13.7 Å². The van der Waals surface area contributed by atoms with Gasteiger partial charge in [0.25, 0.3) is 5.69 Å². The number of carbonyl (C=O) groups excluding carboxylic acids is 1. The first-order valence-corrected chi connectivity index (χ1v) is 10.4. The molecule has 0 atom stereocenters. The summed E-state index contributed by atoms with van der Waals surface area (Å²) >= 11 is 3.47. The van der Waals surface area contributed by atoms with Crippen LogP contribution < -0.4 is 5.32 Å². The normalized spacial score (nSPS) is 10.6. The largest absolute Gasteiger partial charge is 0.325 e. The van der Waals surface area contributed by atoms with Gasteiger partial charge in [0.2, 0.25) is 5.91 Å². The molecule has 0 aliphatic heterocycles. The number of rotatable bonds is 7. The predicted octanol–water partition coefficient (Wildman–Crippen LogP) is 4.21. The quantitative estimate of drug-likeness (QED) is 0.222. The molecule has 144 valence electrons. The minimum absolute atomic E-state index is 0.00532. The molecule has 3 rings (SSSR count). The zero-order valence-corrected chi connectivity index (χ0v) is 17.8. The Morgan fingerprint density at radius 3 is 2.68 bits per heavy atom. The van der Waals surface area contributed by atoms with Crippen molar-refractivity contribution >= 4 is 51.6 Å². The third-order valence-electron chi connectivity index (χ3n) is 3.81. The van der Waals surface area contributed by atoms with E-state index in [2.05, 4.69) is 38.1 Å². The zero-order chi connectivity index (χ0) is 20.1. The molecule has 1 heterocycles. The second-order valence-electron chi connectivity index (χ2n) is 5.70. The highest BCUT2D eigenvalue weighted by Crippen LogP contribution is 2.26. The van der Waals surface area contributed by atoms with Gasteiger partial charge in [-0.2, -0.15) is 0 Å². The Bertz CT molecular complexity index is 1010. The molecular formula is C18H16IN5O3S. The third-order valence-corrected chi connectivity index (χ3v) is 5.49. The topological polar surface area (TPSA) is 103 Å². The lowest BCUT2D eigenvalue weighted by Gasteiger charge is -2.08. The molecule has 0 saturated carbocycles. The van der Waals surface area contributed by atoms with Crippen molar-refractivity contribution in [3.05, 3.63) is 62.2 Å². The SMILES string of the molecule is CCn1c(SCC(=O)Nc2ccc(I)cc2)nnc1-c1cccc([N+](=O)[O-])c1. The predicted molar refractivity (Wildman–Crippen MR) is 116 cm³/mol. The second kappa shape index (κ2) is 9.15. The summed E-state index contributed by atoms with van der Waals surface area (Å²) in [4.78, 5) is 22.8. The zero-order valence-electron chi connectivity index (χ0n) is 14.8. The number of nitrogens with zero attached hydrogens (tertiary/aromatic N) is 4. The highest BCUT2D eigenvalue weighted by atomic mass is 127. The molecule has 0 bridgehead atoms. The van der Waals surface area contributed by atoms with Crippen molar-refractivity contribution in [2.45, 2.75) is 18.6 Å². The Hall–Kier alpha value is -2.47. The first-order chi connectivity index (χ1) is 13.5. The first kappa shape index (κ1) is 20.3. The molecular weight excluding hydrogens is 493 g/mol. The summed E-state index contributed by atoms with van der Waals surface area (Å²) in [6.07, 6.45) is 0. The van der Waals surface area contributed by atoms with Crippen molar-refractivity contribution < 1.29 is 9.72 Å². The smallest absolute Gasteiger partial charge is 0.270 e. The van der Waals surface area contributed by atoms with Crippen LogP contribution >= 0.6 is 34.4 Å². The highest BCUT2D eigenvalue weighted by Gasteiger charge is 2.16. The van der Waals surface area contributed by atoms with E-state index in [1.165, 1.54) is 23.9 Å². The van der Waals surface area contributed by atoms with Crippen LogP contribution in [-0.2, 0) is 11.3 Å². The van der Waals surface area contributed by atoms with Crippen molar-refractivity contribution in [3.8, 4) is 11.4 Å². The van der Waals surface area contributed by atoms with Crippen LogP contribution in [-0.4, -0.2) is 31.3 Å². The van der Waals surface area contributed by atoms with Crippen molar-refractivity contribution in [2.24, 2.45) is 0 Å². The number of nitro benzene ring substituents is 1. The number of amides is 1. The van der Waals surface area contributed by atoms with Gasteiger partial charge in [-0.1, -0.05) is 23.9 Å². The number of hydrogen-bond acceptors (Lipinski definition) is 6. The van der Waals surface area contributed by atoms with E-state index in [1.807, 2.05) is 35.8 Å². The van der Waals surface area contributed by atoms with Gasteiger partial charge in [0.05, 0.1) is 10.7 Å². The number of non-ortho nitro benzene ring substituents is 1. The van der Waals surface area contributed by atoms with Gasteiger partial charge >= 0.3 is 0 Å². The summed E-state index contributed by atoms with van der Waals surface area (Å²) in [6.45, 7) is 2.51. The fraction of sp³-hybridized carbons (Fsp3) is 0.167. The van der Waals surface area contributed by atoms with E-state index in [4.69, 9.17) is 0 Å². The second-order valence-corrected chi connectivity index (χ2v) is 7.89. The maximum atomic E-state index is 12.2. The number of nitrogens with one attached hydrogen (secondary N) is 1. The molecule has 0 aliphatic carbocycles. The molecule has 0 fully saturated rings. The Balaban J connectivity index is 1.71. The monoisotopic (exact) mass is 509 g/mol. The van der Waals surface area contributed by atoms with Gasteiger partial charge in [-0.05, 0) is 53.8 Å². The van der Waals surface area contributed by atoms with E-state index in [0.717, 1.165) is 9.26 Å². The van der Waals surface area contributed by atoms with E-state index in [9.17, 15) is 14.9 Å². The standard InChI is InChI=1S/C18H16IN5O3S/c1-2-23-17(12-4-3-5-15(10-12)24(26)27)21-22-18(23)28-11-16(25)20-14-8-6-13(19)7-9-14/h3-10H,2,11H2,1H3,(H,20,25). The summed E-state index contributed by atoms with van der Waals surface area (Å²) in [5.74, 6) is 0.569. The molecule has 0 unspecified atom stereocenters. The van der Waals surface area contributed by atoms with E-state index in [1.54, 1.807) is 12.1 Å². The molecule has 0 saturated heterocycles. The summed E-state index contributed by atoms with van der Waals surface area (Å²) in [5.41, 5.74) is 1.34. The molecule has 0 aliphatic rings. The number of halogens is 1. The summed E-state index contributed by atoms with van der Waals surface area (Å²) in [6, 6.07) is 13.8. The molecule has 3 aromatic rings. The van der Waals surface area contributed by atoms with E-state index in [-0.39, 0.29) is 17.3 Å². The summed E-state index contributed by atoms with van der Waals surface area (Å²) in [7, 11) is 0. The average Bonchev–Trinajstić information content (AvgIpc) is 3.11. The molecule has 1 aromatic heterocycles. The highest BCUT2D eigenvalue weighted by molar-refractivity contribution is 14.1. The van der Waals surface area contributed by atoms with Crippen LogP contribution in [0.3, 0.4) is 0 Å². The van der Waals surface area contributed by atoms with Crippen LogP contribution in [0.15, 0.2) is 53.7 Å². The van der Waals surface area contributed by atoms with Gasteiger partial charge in [-0.15, -0.1) is 10.2 Å². The molecule has 1 N–H and O–H groups in total. The van der Waals surface area contributed by atoms with Gasteiger partial charge < -0.3 is 9.88 Å². The maximum absolute atomic E-state index is 12.2. The van der Waals surface area contributed by atoms with Gasteiger partial charge in [-0.3, -0.25) is 14.9 Å². The van der Waals surface area contributed by atoms with Gasteiger partial charge in [0.1, 0.15) is 0 Å². The van der Waals surface area contributed by atoms with Crippen molar-refractivity contribution in [2.75, 3.05) is 11.1 Å². The van der Waals surface area contributed by atoms with Crippen LogP contribution in [0.2, 0.25) is 0 Å². The Labute approximate surface area is 179 Å². The molecule has 0 spiro atoms. The molecule has 28 heavy (non-hydrogen) atoms. The van der Waals surface area contributed by atoms with E-state index in [0.29, 0.717) is 23.1 Å².